The molecule has 2 N–H and O–H groups in total. The minimum atomic E-state index is 0.294. The molecular weight excluding hydrogens is 116 g/mol. The average molecular weight is 130 g/mol. The van der Waals surface area contributed by atoms with Gasteiger partial charge in [-0.15, -0.1) is 0 Å². The van der Waals surface area contributed by atoms with Gasteiger partial charge in [0.05, 0.1) is 11.4 Å². The van der Waals surface area contributed by atoms with E-state index < -0.39 is 0 Å². The second-order valence-corrected chi connectivity index (χ2v) is 1.31. The third-order valence-electron chi connectivity index (χ3n) is 0.693. The molecule has 0 fully saturated rings. The highest BCUT2D eigenvalue weighted by atomic mass is 16.4. The van der Waals surface area contributed by atoms with Gasteiger partial charge in [-0.3, -0.25) is 0 Å². The predicted octanol–water partition coefficient (Wildman–Crippen LogP) is 1.90. The summed E-state index contributed by atoms with van der Waals surface area (Å²) in [6.07, 6.45) is 0. The Morgan fingerprint density at radius 3 is 1.67 bits per heavy atom. The smallest absolute Gasteiger partial charge is 0.0968 e. The predicted molar refractivity (Wildman–Crippen MR) is 39.6 cm³/mol. The minimum absolute atomic E-state index is 0.294. The van der Waals surface area contributed by atoms with Gasteiger partial charge in [0.1, 0.15) is 0 Å². The van der Waals surface area contributed by atoms with E-state index in [0.29, 0.717) is 11.4 Å². The first-order valence-electron chi connectivity index (χ1n) is 2.92. The summed E-state index contributed by atoms with van der Waals surface area (Å²) in [5, 5.41) is 17.5. The molecule has 0 aliphatic heterocycles. The van der Waals surface area contributed by atoms with Crippen LogP contribution in [-0.2, 0) is 0 Å². The highest BCUT2D eigenvalue weighted by Crippen LogP contribution is 1.74. The molecule has 0 atom stereocenters. The van der Waals surface area contributed by atoms with Crippen LogP contribution in [0.25, 0.3) is 0 Å². The van der Waals surface area contributed by atoms with E-state index in [-0.39, 0.29) is 0 Å². The van der Waals surface area contributed by atoms with E-state index >= 15 is 0 Å². The Morgan fingerprint density at radius 2 is 1.67 bits per heavy atom. The molecule has 0 saturated carbocycles. The average Bonchev–Trinajstić information content (AvgIpc) is 1.91. The first-order valence-corrected chi connectivity index (χ1v) is 2.92. The molecule has 54 valence electrons. The normalized spacial score (nSPS) is 9.56. The van der Waals surface area contributed by atoms with Crippen LogP contribution in [0.15, 0.2) is 5.16 Å². The van der Waals surface area contributed by atoms with Crippen molar-refractivity contribution in [1.29, 1.82) is 5.41 Å². The van der Waals surface area contributed by atoms with Crippen molar-refractivity contribution in [3.63, 3.8) is 0 Å². The van der Waals surface area contributed by atoms with Gasteiger partial charge in [0.25, 0.3) is 0 Å². The van der Waals surface area contributed by atoms with Crippen LogP contribution in [0.4, 0.5) is 0 Å². The van der Waals surface area contributed by atoms with Crippen LogP contribution < -0.4 is 0 Å². The molecule has 0 aromatic rings. The summed E-state index contributed by atoms with van der Waals surface area (Å²) in [5.41, 5.74) is 0.655. The molecule has 0 aromatic heterocycles. The van der Waals surface area contributed by atoms with Gasteiger partial charge in [0.15, 0.2) is 0 Å². The number of oxime groups is 1. The zero-order valence-corrected chi connectivity index (χ0v) is 6.39. The maximum Gasteiger partial charge on any atom is 0.0968 e. The zero-order chi connectivity index (χ0) is 7.86. The fourth-order valence-corrected chi connectivity index (χ4v) is 0.0750. The Labute approximate surface area is 55.9 Å². The first-order chi connectivity index (χ1) is 4.18. The van der Waals surface area contributed by atoms with Crippen molar-refractivity contribution in [1.82, 2.24) is 0 Å². The van der Waals surface area contributed by atoms with Gasteiger partial charge in [-0.1, -0.05) is 19.0 Å². The van der Waals surface area contributed by atoms with Gasteiger partial charge < -0.3 is 10.6 Å². The summed E-state index contributed by atoms with van der Waals surface area (Å²) in [7, 11) is 0. The lowest BCUT2D eigenvalue weighted by atomic mass is 10.3. The van der Waals surface area contributed by atoms with Gasteiger partial charge in [-0.25, -0.2) is 0 Å². The molecule has 0 heterocycles. The van der Waals surface area contributed by atoms with Crippen LogP contribution in [0.2, 0.25) is 0 Å². The lowest BCUT2D eigenvalue weighted by molar-refractivity contribution is 0.320. The molecule has 0 bridgehead atoms. The lowest BCUT2D eigenvalue weighted by Gasteiger charge is -1.86. The molecule has 0 aliphatic carbocycles. The topological polar surface area (TPSA) is 56.4 Å². The van der Waals surface area contributed by atoms with Crippen molar-refractivity contribution in [3.8, 4) is 0 Å². The van der Waals surface area contributed by atoms with Gasteiger partial charge in [-0.05, 0) is 13.8 Å². The van der Waals surface area contributed by atoms with Crippen molar-refractivity contribution >= 4 is 11.4 Å². The summed E-state index contributed by atoms with van der Waals surface area (Å²) in [4.78, 5) is 0. The molecule has 0 spiro atoms. The van der Waals surface area contributed by atoms with Crippen molar-refractivity contribution < 1.29 is 5.21 Å². The Kier molecular flexibility index (Phi) is 8.73. The monoisotopic (exact) mass is 130 g/mol. The lowest BCUT2D eigenvalue weighted by Crippen LogP contribution is -2.01. The minimum Gasteiger partial charge on any atom is -0.411 e. The summed E-state index contributed by atoms with van der Waals surface area (Å²) in [6, 6.07) is 0. The van der Waals surface area contributed by atoms with Crippen LogP contribution in [0.5, 0.6) is 0 Å². The number of nitrogens with zero attached hydrogens (tertiary/aromatic N) is 1. The van der Waals surface area contributed by atoms with E-state index in [0.717, 1.165) is 0 Å². The number of hydrogen-bond acceptors (Lipinski definition) is 3. The van der Waals surface area contributed by atoms with E-state index in [1.165, 1.54) is 0 Å². The van der Waals surface area contributed by atoms with Gasteiger partial charge in [0.2, 0.25) is 0 Å². The summed E-state index contributed by atoms with van der Waals surface area (Å²) in [6.45, 7) is 7.14. The molecule has 0 aliphatic rings. The molecule has 0 amide bonds. The third-order valence-corrected chi connectivity index (χ3v) is 0.693. The Bertz CT molecular complexity index is 108. The first kappa shape index (κ1) is 11.0. The second kappa shape index (κ2) is 7.14. The largest absolute Gasteiger partial charge is 0.411 e. The zero-order valence-electron chi connectivity index (χ0n) is 6.39. The Hall–Kier alpha value is -0.860. The van der Waals surface area contributed by atoms with Crippen LogP contribution >= 0.6 is 0 Å². The Morgan fingerprint density at radius 1 is 1.33 bits per heavy atom. The molecule has 0 radical (unpaired) electrons. The molecule has 0 unspecified atom stereocenters. The van der Waals surface area contributed by atoms with Crippen molar-refractivity contribution in [2.24, 2.45) is 5.16 Å². The number of rotatable bonds is 1. The van der Waals surface area contributed by atoms with Crippen LogP contribution in [-0.4, -0.2) is 16.6 Å². The van der Waals surface area contributed by atoms with Gasteiger partial charge in [-0.2, -0.15) is 0 Å². The third kappa shape index (κ3) is 7.14. The molecule has 0 aromatic carbocycles. The summed E-state index contributed by atoms with van der Waals surface area (Å²) in [5.74, 6) is 0. The number of nitrogens with one attached hydrogen (secondary N) is 1. The molecule has 3 heteroatoms. The summed E-state index contributed by atoms with van der Waals surface area (Å²) >= 11 is 0. The maximum atomic E-state index is 7.95. The quantitative estimate of drug-likeness (QED) is 0.318. The second-order valence-electron chi connectivity index (χ2n) is 1.31. The highest BCUT2D eigenvalue weighted by molar-refractivity contribution is 6.39. The van der Waals surface area contributed by atoms with E-state index in [4.69, 9.17) is 10.6 Å². The van der Waals surface area contributed by atoms with Gasteiger partial charge >= 0.3 is 0 Å². The molecular formula is C6H14N2O. The molecule has 9 heavy (non-hydrogen) atoms. The van der Waals surface area contributed by atoms with E-state index in [1.54, 1.807) is 13.8 Å². The Balaban J connectivity index is 0. The number of hydrogen-bond donors (Lipinski definition) is 2. The highest BCUT2D eigenvalue weighted by Gasteiger charge is 1.88. The van der Waals surface area contributed by atoms with Crippen LogP contribution in [0.1, 0.15) is 27.7 Å². The van der Waals surface area contributed by atoms with Crippen molar-refractivity contribution in [2.45, 2.75) is 27.7 Å². The fraction of sp³-hybridized carbons (Fsp3) is 0.667. The molecule has 0 rings (SSSR count). The van der Waals surface area contributed by atoms with Crippen LogP contribution in [0, 0.1) is 5.41 Å². The van der Waals surface area contributed by atoms with Crippen LogP contribution in [0.3, 0.4) is 0 Å². The van der Waals surface area contributed by atoms with Crippen molar-refractivity contribution in [3.05, 3.63) is 0 Å². The SMILES string of the molecule is CC.CC(=N)/C(C)=N\O. The maximum absolute atomic E-state index is 7.95. The van der Waals surface area contributed by atoms with E-state index in [2.05, 4.69) is 5.16 Å². The summed E-state index contributed by atoms with van der Waals surface area (Å²) < 4.78 is 0. The van der Waals surface area contributed by atoms with E-state index in [9.17, 15) is 0 Å². The standard InChI is InChI=1S/C4H8N2O.C2H6/c1-3(5)4(2)6-7;1-2/h5,7H,1-2H3;1-2H3/b5-3?,6-4-;. The van der Waals surface area contributed by atoms with Gasteiger partial charge in [0, 0.05) is 0 Å². The molecule has 0 saturated heterocycles. The van der Waals surface area contributed by atoms with Crippen molar-refractivity contribution in [2.75, 3.05) is 0 Å². The molecule has 3 nitrogen and oxygen atoms in total. The van der Waals surface area contributed by atoms with E-state index in [1.807, 2.05) is 13.8 Å². The fourth-order valence-electron chi connectivity index (χ4n) is 0.0750.